The number of esters is 1. The highest BCUT2D eigenvalue weighted by atomic mass is 35.5. The zero-order valence-electron chi connectivity index (χ0n) is 21.0. The Morgan fingerprint density at radius 1 is 0.947 bits per heavy atom. The molecular formula is C27H27ClFN3O6. The quantitative estimate of drug-likeness (QED) is 0.308. The van der Waals surface area contributed by atoms with Gasteiger partial charge in [0.2, 0.25) is 5.91 Å². The first-order valence-electron chi connectivity index (χ1n) is 11.5. The molecule has 3 aromatic rings. The number of urea groups is 1. The van der Waals surface area contributed by atoms with Gasteiger partial charge < -0.3 is 30.2 Å². The zero-order valence-corrected chi connectivity index (χ0v) is 21.7. The van der Waals surface area contributed by atoms with Crippen LogP contribution in [-0.4, -0.2) is 44.8 Å². The molecule has 0 aliphatic rings. The van der Waals surface area contributed by atoms with Crippen LogP contribution >= 0.6 is 11.6 Å². The van der Waals surface area contributed by atoms with Gasteiger partial charge >= 0.3 is 12.0 Å². The lowest BCUT2D eigenvalue weighted by Gasteiger charge is -2.17. The first kappa shape index (κ1) is 28.3. The van der Waals surface area contributed by atoms with Crippen LogP contribution in [-0.2, 0) is 16.0 Å². The van der Waals surface area contributed by atoms with Crippen LogP contribution in [0.1, 0.15) is 22.8 Å². The van der Waals surface area contributed by atoms with Gasteiger partial charge in [-0.15, -0.1) is 0 Å². The number of hydrogen-bond donors (Lipinski definition) is 3. The number of benzene rings is 3. The molecule has 3 aromatic carbocycles. The Labute approximate surface area is 224 Å². The number of carbonyl (C=O) groups excluding carboxylic acids is 3. The molecule has 3 N–H and O–H groups in total. The van der Waals surface area contributed by atoms with Crippen molar-refractivity contribution in [3.8, 4) is 11.5 Å². The Kier molecular flexibility index (Phi) is 9.89. The minimum absolute atomic E-state index is 0.0378. The molecule has 0 fully saturated rings. The average molecular weight is 544 g/mol. The van der Waals surface area contributed by atoms with E-state index >= 15 is 0 Å². The molecule has 9 nitrogen and oxygen atoms in total. The SMILES string of the molecule is COC(=O)c1ccc(OC[C@H](C)NC(=O)Cc2ccc(NC(=O)Nc3ccccc3F)c(OC)c2)c(Cl)c1. The normalized spacial score (nSPS) is 11.2. The van der Waals surface area contributed by atoms with Crippen molar-refractivity contribution in [3.05, 3.63) is 82.6 Å². The van der Waals surface area contributed by atoms with Gasteiger partial charge in [-0.2, -0.15) is 0 Å². The second kappa shape index (κ2) is 13.3. The van der Waals surface area contributed by atoms with E-state index in [-0.39, 0.29) is 35.7 Å². The summed E-state index contributed by atoms with van der Waals surface area (Å²) in [6.07, 6.45) is 0.0526. The summed E-state index contributed by atoms with van der Waals surface area (Å²) in [5.74, 6) is -0.624. The molecule has 0 heterocycles. The fourth-order valence-electron chi connectivity index (χ4n) is 3.42. The highest BCUT2D eigenvalue weighted by Crippen LogP contribution is 2.27. The zero-order chi connectivity index (χ0) is 27.7. The lowest BCUT2D eigenvalue weighted by Crippen LogP contribution is -2.37. The van der Waals surface area contributed by atoms with E-state index in [1.165, 1.54) is 44.6 Å². The van der Waals surface area contributed by atoms with Crippen molar-refractivity contribution in [1.82, 2.24) is 5.32 Å². The molecule has 3 rings (SSSR count). The standard InChI is InChI=1S/C27H27ClFN3O6/c1-16(15-38-23-11-9-18(14-19(23)28)26(34)37-3)30-25(33)13-17-8-10-22(24(12-17)36-2)32-27(35)31-21-7-5-4-6-20(21)29/h4-12,14,16H,13,15H2,1-3H3,(H,30,33)(H2,31,32,35)/t16-/m0/s1. The molecule has 38 heavy (non-hydrogen) atoms. The van der Waals surface area contributed by atoms with Crippen molar-refractivity contribution in [1.29, 1.82) is 0 Å². The summed E-state index contributed by atoms with van der Waals surface area (Å²) < 4.78 is 29.4. The van der Waals surface area contributed by atoms with Gasteiger partial charge in [0.1, 0.15) is 23.9 Å². The molecular weight excluding hydrogens is 517 g/mol. The van der Waals surface area contributed by atoms with Crippen LogP contribution in [0.15, 0.2) is 60.7 Å². The number of methoxy groups -OCH3 is 2. The second-order valence-electron chi connectivity index (χ2n) is 8.19. The van der Waals surface area contributed by atoms with E-state index in [2.05, 4.69) is 20.7 Å². The number of para-hydroxylation sites is 1. The molecule has 0 saturated carbocycles. The molecule has 0 aliphatic carbocycles. The molecule has 0 unspecified atom stereocenters. The van der Waals surface area contributed by atoms with Crippen LogP contribution in [0, 0.1) is 5.82 Å². The molecule has 1 atom stereocenters. The molecule has 0 aliphatic heterocycles. The Morgan fingerprint density at radius 3 is 2.37 bits per heavy atom. The lowest BCUT2D eigenvalue weighted by molar-refractivity contribution is -0.121. The van der Waals surface area contributed by atoms with Gasteiger partial charge in [-0.25, -0.2) is 14.0 Å². The van der Waals surface area contributed by atoms with Crippen LogP contribution in [0.2, 0.25) is 5.02 Å². The molecule has 11 heteroatoms. The van der Waals surface area contributed by atoms with E-state index in [0.29, 0.717) is 28.3 Å². The highest BCUT2D eigenvalue weighted by Gasteiger charge is 2.15. The summed E-state index contributed by atoms with van der Waals surface area (Å²) in [7, 11) is 2.71. The number of halogens is 2. The smallest absolute Gasteiger partial charge is 0.337 e. The monoisotopic (exact) mass is 543 g/mol. The van der Waals surface area contributed by atoms with Gasteiger partial charge in [0.25, 0.3) is 0 Å². The van der Waals surface area contributed by atoms with Crippen LogP contribution < -0.4 is 25.4 Å². The first-order chi connectivity index (χ1) is 18.2. The third-order valence-electron chi connectivity index (χ3n) is 5.25. The first-order valence-corrected chi connectivity index (χ1v) is 11.9. The number of hydrogen-bond acceptors (Lipinski definition) is 6. The number of ether oxygens (including phenoxy) is 3. The molecule has 3 amide bonds. The van der Waals surface area contributed by atoms with Crippen molar-refractivity contribution < 1.29 is 33.0 Å². The molecule has 0 aromatic heterocycles. The summed E-state index contributed by atoms with van der Waals surface area (Å²) in [6, 6.07) is 14.2. The van der Waals surface area contributed by atoms with Gasteiger partial charge in [-0.3, -0.25) is 4.79 Å². The van der Waals surface area contributed by atoms with Gasteiger partial charge in [-0.05, 0) is 55.0 Å². The van der Waals surface area contributed by atoms with E-state index in [0.717, 1.165) is 0 Å². The second-order valence-corrected chi connectivity index (χ2v) is 8.59. The third-order valence-corrected chi connectivity index (χ3v) is 5.55. The van der Waals surface area contributed by atoms with Gasteiger partial charge in [0, 0.05) is 0 Å². The van der Waals surface area contributed by atoms with Crippen LogP contribution in [0.4, 0.5) is 20.6 Å². The van der Waals surface area contributed by atoms with Crippen LogP contribution in [0.5, 0.6) is 11.5 Å². The molecule has 0 bridgehead atoms. The highest BCUT2D eigenvalue weighted by molar-refractivity contribution is 6.32. The van der Waals surface area contributed by atoms with Crippen molar-refractivity contribution in [3.63, 3.8) is 0 Å². The fraction of sp³-hybridized carbons (Fsp3) is 0.222. The van der Waals surface area contributed by atoms with Gasteiger partial charge in [0.15, 0.2) is 0 Å². The van der Waals surface area contributed by atoms with Crippen molar-refractivity contribution in [2.45, 2.75) is 19.4 Å². The average Bonchev–Trinajstić information content (AvgIpc) is 2.89. The number of rotatable bonds is 10. The number of anilines is 2. The Balaban J connectivity index is 1.52. The number of nitrogens with one attached hydrogen (secondary N) is 3. The Hall–Kier alpha value is -4.31. The summed E-state index contributed by atoms with van der Waals surface area (Å²) in [5.41, 5.74) is 1.33. The summed E-state index contributed by atoms with van der Waals surface area (Å²) in [4.78, 5) is 36.4. The molecule has 0 radical (unpaired) electrons. The summed E-state index contributed by atoms with van der Waals surface area (Å²) in [6.45, 7) is 1.92. The maximum absolute atomic E-state index is 13.8. The minimum atomic E-state index is -0.646. The number of carbonyl (C=O) groups is 3. The summed E-state index contributed by atoms with van der Waals surface area (Å²) >= 11 is 6.17. The topological polar surface area (TPSA) is 115 Å². The van der Waals surface area contributed by atoms with E-state index in [1.807, 2.05) is 0 Å². The van der Waals surface area contributed by atoms with Crippen molar-refractivity contribution >= 4 is 40.9 Å². The lowest BCUT2D eigenvalue weighted by atomic mass is 10.1. The molecule has 0 spiro atoms. The Bertz CT molecular complexity index is 1320. The maximum Gasteiger partial charge on any atom is 0.337 e. The van der Waals surface area contributed by atoms with Crippen LogP contribution in [0.25, 0.3) is 0 Å². The van der Waals surface area contributed by atoms with E-state index < -0.39 is 17.8 Å². The predicted molar refractivity (Wildman–Crippen MR) is 142 cm³/mol. The fourth-order valence-corrected chi connectivity index (χ4v) is 3.65. The van der Waals surface area contributed by atoms with Gasteiger partial charge in [-0.1, -0.05) is 29.8 Å². The number of amides is 3. The summed E-state index contributed by atoms with van der Waals surface area (Å²) in [5, 5.41) is 8.12. The van der Waals surface area contributed by atoms with Crippen molar-refractivity contribution in [2.24, 2.45) is 0 Å². The van der Waals surface area contributed by atoms with E-state index in [1.54, 1.807) is 37.3 Å². The molecule has 200 valence electrons. The van der Waals surface area contributed by atoms with E-state index in [9.17, 15) is 18.8 Å². The molecule has 0 saturated heterocycles. The van der Waals surface area contributed by atoms with Gasteiger partial charge in [0.05, 0.1) is 48.6 Å². The minimum Gasteiger partial charge on any atom is -0.495 e. The Morgan fingerprint density at radius 2 is 1.68 bits per heavy atom. The van der Waals surface area contributed by atoms with Crippen LogP contribution in [0.3, 0.4) is 0 Å². The third kappa shape index (κ3) is 7.84. The van der Waals surface area contributed by atoms with Crippen molar-refractivity contribution in [2.75, 3.05) is 31.5 Å². The largest absolute Gasteiger partial charge is 0.495 e. The van der Waals surface area contributed by atoms with E-state index in [4.69, 9.17) is 21.1 Å². The maximum atomic E-state index is 13.8. The predicted octanol–water partition coefficient (Wildman–Crippen LogP) is 5.04.